The SMILES string of the molecule is C1CCC(CCNCCC2CCCO2)CC1. The van der Waals surface area contributed by atoms with Crippen molar-refractivity contribution in [1.82, 2.24) is 5.32 Å². The lowest BCUT2D eigenvalue weighted by Gasteiger charge is -2.21. The first-order valence-corrected chi connectivity index (χ1v) is 7.27. The van der Waals surface area contributed by atoms with E-state index in [1.165, 1.54) is 64.3 Å². The Balaban J connectivity index is 1.42. The van der Waals surface area contributed by atoms with E-state index in [-0.39, 0.29) is 0 Å². The lowest BCUT2D eigenvalue weighted by atomic mass is 9.87. The van der Waals surface area contributed by atoms with Crippen molar-refractivity contribution in [3.63, 3.8) is 0 Å². The van der Waals surface area contributed by atoms with E-state index in [2.05, 4.69) is 5.32 Å². The Labute approximate surface area is 100 Å². The van der Waals surface area contributed by atoms with Crippen molar-refractivity contribution in [3.05, 3.63) is 0 Å². The van der Waals surface area contributed by atoms with E-state index in [1.54, 1.807) is 0 Å². The molecule has 1 unspecified atom stereocenters. The van der Waals surface area contributed by atoms with E-state index >= 15 is 0 Å². The van der Waals surface area contributed by atoms with Gasteiger partial charge in [0, 0.05) is 6.61 Å². The second kappa shape index (κ2) is 7.29. The largest absolute Gasteiger partial charge is 0.378 e. The van der Waals surface area contributed by atoms with Crippen LogP contribution in [0, 0.1) is 5.92 Å². The molecule has 0 aromatic heterocycles. The van der Waals surface area contributed by atoms with Crippen LogP contribution >= 0.6 is 0 Å². The molecule has 1 saturated heterocycles. The summed E-state index contributed by atoms with van der Waals surface area (Å²) < 4.78 is 5.61. The maximum atomic E-state index is 5.61. The predicted octanol–water partition coefficient (Wildman–Crippen LogP) is 3.12. The van der Waals surface area contributed by atoms with Gasteiger partial charge in [-0.25, -0.2) is 0 Å². The van der Waals surface area contributed by atoms with Gasteiger partial charge in [0.2, 0.25) is 0 Å². The summed E-state index contributed by atoms with van der Waals surface area (Å²) in [7, 11) is 0. The fourth-order valence-electron chi connectivity index (χ4n) is 3.04. The molecule has 0 bridgehead atoms. The molecule has 1 aliphatic carbocycles. The molecule has 2 heteroatoms. The van der Waals surface area contributed by atoms with Crippen LogP contribution in [0.5, 0.6) is 0 Å². The third kappa shape index (κ3) is 4.42. The zero-order valence-electron chi connectivity index (χ0n) is 10.5. The molecule has 1 atom stereocenters. The number of rotatable bonds is 6. The average Bonchev–Trinajstić information content (AvgIpc) is 2.83. The summed E-state index contributed by atoms with van der Waals surface area (Å²) in [5, 5.41) is 3.58. The molecule has 1 aliphatic heterocycles. The van der Waals surface area contributed by atoms with Crippen molar-refractivity contribution < 1.29 is 4.74 Å². The Bertz CT molecular complexity index is 172. The summed E-state index contributed by atoms with van der Waals surface area (Å²) in [5.41, 5.74) is 0. The Hall–Kier alpha value is -0.0800. The maximum absolute atomic E-state index is 5.61. The lowest BCUT2D eigenvalue weighted by molar-refractivity contribution is 0.104. The number of hydrogen-bond acceptors (Lipinski definition) is 2. The molecule has 94 valence electrons. The second-order valence-corrected chi connectivity index (χ2v) is 5.47. The van der Waals surface area contributed by atoms with Crippen molar-refractivity contribution in [2.75, 3.05) is 19.7 Å². The van der Waals surface area contributed by atoms with Crippen LogP contribution < -0.4 is 5.32 Å². The summed E-state index contributed by atoms with van der Waals surface area (Å²) in [6.45, 7) is 3.36. The predicted molar refractivity (Wildman–Crippen MR) is 67.7 cm³/mol. The van der Waals surface area contributed by atoms with E-state index in [1.807, 2.05) is 0 Å². The Kier molecular flexibility index (Phi) is 5.64. The minimum atomic E-state index is 0.558. The Morgan fingerprint density at radius 3 is 2.44 bits per heavy atom. The smallest absolute Gasteiger partial charge is 0.0588 e. The quantitative estimate of drug-likeness (QED) is 0.701. The second-order valence-electron chi connectivity index (χ2n) is 5.47. The van der Waals surface area contributed by atoms with Gasteiger partial charge in [-0.15, -0.1) is 0 Å². The molecule has 2 rings (SSSR count). The molecule has 2 aliphatic rings. The van der Waals surface area contributed by atoms with Gasteiger partial charge in [0.15, 0.2) is 0 Å². The zero-order valence-corrected chi connectivity index (χ0v) is 10.5. The fraction of sp³-hybridized carbons (Fsp3) is 1.00. The van der Waals surface area contributed by atoms with Crippen LogP contribution in [0.25, 0.3) is 0 Å². The summed E-state index contributed by atoms with van der Waals surface area (Å²) in [4.78, 5) is 0. The monoisotopic (exact) mass is 225 g/mol. The van der Waals surface area contributed by atoms with E-state index in [0.717, 1.165) is 19.1 Å². The molecule has 0 aromatic carbocycles. The van der Waals surface area contributed by atoms with Gasteiger partial charge in [-0.1, -0.05) is 32.1 Å². The third-order valence-electron chi connectivity index (χ3n) is 4.12. The molecular weight excluding hydrogens is 198 g/mol. The van der Waals surface area contributed by atoms with Crippen molar-refractivity contribution in [2.45, 2.75) is 63.9 Å². The van der Waals surface area contributed by atoms with Crippen LogP contribution in [0.1, 0.15) is 57.8 Å². The highest BCUT2D eigenvalue weighted by Crippen LogP contribution is 2.25. The lowest BCUT2D eigenvalue weighted by Crippen LogP contribution is -2.23. The topological polar surface area (TPSA) is 21.3 Å². The number of ether oxygens (including phenoxy) is 1. The highest BCUT2D eigenvalue weighted by Gasteiger charge is 2.15. The van der Waals surface area contributed by atoms with Gasteiger partial charge in [0.25, 0.3) is 0 Å². The molecule has 2 fully saturated rings. The van der Waals surface area contributed by atoms with Crippen molar-refractivity contribution in [1.29, 1.82) is 0 Å². The van der Waals surface area contributed by atoms with Crippen LogP contribution in [0.4, 0.5) is 0 Å². The third-order valence-corrected chi connectivity index (χ3v) is 4.12. The molecule has 1 N–H and O–H groups in total. The standard InChI is InChI=1S/C14H27NO/c1-2-5-13(6-3-1)8-10-15-11-9-14-7-4-12-16-14/h13-15H,1-12H2. The molecule has 0 spiro atoms. The molecule has 1 heterocycles. The number of nitrogens with one attached hydrogen (secondary N) is 1. The minimum absolute atomic E-state index is 0.558. The molecule has 0 amide bonds. The molecule has 0 radical (unpaired) electrons. The van der Waals surface area contributed by atoms with Crippen molar-refractivity contribution >= 4 is 0 Å². The van der Waals surface area contributed by atoms with Gasteiger partial charge in [0.1, 0.15) is 0 Å². The number of hydrogen-bond donors (Lipinski definition) is 1. The summed E-state index contributed by atoms with van der Waals surface area (Å²) >= 11 is 0. The van der Waals surface area contributed by atoms with Gasteiger partial charge in [-0.3, -0.25) is 0 Å². The van der Waals surface area contributed by atoms with E-state index in [9.17, 15) is 0 Å². The zero-order chi connectivity index (χ0) is 11.1. The minimum Gasteiger partial charge on any atom is -0.378 e. The van der Waals surface area contributed by atoms with Crippen LogP contribution in [-0.2, 0) is 4.74 Å². The summed E-state index contributed by atoms with van der Waals surface area (Å²) in [5.74, 6) is 1.02. The van der Waals surface area contributed by atoms with Gasteiger partial charge in [-0.2, -0.15) is 0 Å². The van der Waals surface area contributed by atoms with Crippen LogP contribution in [-0.4, -0.2) is 25.8 Å². The van der Waals surface area contributed by atoms with E-state index < -0.39 is 0 Å². The van der Waals surface area contributed by atoms with E-state index in [4.69, 9.17) is 4.74 Å². The highest BCUT2D eigenvalue weighted by atomic mass is 16.5. The van der Waals surface area contributed by atoms with Crippen molar-refractivity contribution in [2.24, 2.45) is 5.92 Å². The fourth-order valence-corrected chi connectivity index (χ4v) is 3.04. The Morgan fingerprint density at radius 2 is 1.69 bits per heavy atom. The first kappa shape index (κ1) is 12.4. The van der Waals surface area contributed by atoms with Gasteiger partial charge in [-0.05, 0) is 44.7 Å². The van der Waals surface area contributed by atoms with Crippen LogP contribution in [0.15, 0.2) is 0 Å². The molecule has 1 saturated carbocycles. The van der Waals surface area contributed by atoms with Gasteiger partial charge >= 0.3 is 0 Å². The first-order valence-electron chi connectivity index (χ1n) is 7.27. The average molecular weight is 225 g/mol. The Morgan fingerprint density at radius 1 is 0.875 bits per heavy atom. The summed E-state index contributed by atoms with van der Waals surface area (Å²) in [6.07, 6.45) is 13.1. The maximum Gasteiger partial charge on any atom is 0.0588 e. The molecule has 16 heavy (non-hydrogen) atoms. The van der Waals surface area contributed by atoms with Crippen LogP contribution in [0.3, 0.4) is 0 Å². The van der Waals surface area contributed by atoms with Crippen LogP contribution in [0.2, 0.25) is 0 Å². The molecule has 0 aromatic rings. The summed E-state index contributed by atoms with van der Waals surface area (Å²) in [6, 6.07) is 0. The first-order chi connectivity index (χ1) is 7.95. The van der Waals surface area contributed by atoms with E-state index in [0.29, 0.717) is 6.10 Å². The van der Waals surface area contributed by atoms with Crippen molar-refractivity contribution in [3.8, 4) is 0 Å². The highest BCUT2D eigenvalue weighted by molar-refractivity contribution is 4.68. The molecule has 2 nitrogen and oxygen atoms in total. The van der Waals surface area contributed by atoms with Gasteiger partial charge < -0.3 is 10.1 Å². The van der Waals surface area contributed by atoms with Gasteiger partial charge in [0.05, 0.1) is 6.10 Å². The molecular formula is C14H27NO. The normalized spacial score (nSPS) is 27.4.